The largest absolute Gasteiger partial charge is 0.390 e. The molecule has 1 heterocycles. The molecule has 23 nitrogen and oxygen atoms in total. The molecule has 0 aromatic rings. The molecule has 0 saturated carbocycles. The van der Waals surface area contributed by atoms with Crippen molar-refractivity contribution in [2.24, 2.45) is 41.4 Å². The van der Waals surface area contributed by atoms with Crippen LogP contribution in [0.3, 0.4) is 0 Å². The number of hydrogen-bond donors (Lipinski definition) is 5. The molecule has 0 aromatic heterocycles. The molecule has 490 valence electrons. The summed E-state index contributed by atoms with van der Waals surface area (Å²) in [6.07, 6.45) is 2.60. The van der Waals surface area contributed by atoms with E-state index in [0.29, 0.717) is 6.42 Å². The first-order valence-corrected chi connectivity index (χ1v) is 30.7. The third kappa shape index (κ3) is 20.9. The van der Waals surface area contributed by atoms with Crippen LogP contribution in [-0.2, 0) is 52.7 Å². The Bertz CT molecular complexity index is 2410. The van der Waals surface area contributed by atoms with E-state index in [1.165, 1.54) is 75.9 Å². The van der Waals surface area contributed by atoms with Gasteiger partial charge in [-0.2, -0.15) is 0 Å². The second-order valence-electron chi connectivity index (χ2n) is 26.1. The van der Waals surface area contributed by atoms with Gasteiger partial charge in [-0.15, -0.1) is 0 Å². The summed E-state index contributed by atoms with van der Waals surface area (Å²) in [6, 6.07) is -12.0. The maximum absolute atomic E-state index is 15.1. The molecular weight excluding hydrogens is 1100 g/mol. The molecule has 0 unspecified atom stereocenters. The Labute approximate surface area is 514 Å². The quantitative estimate of drug-likeness (QED) is 0.123. The van der Waals surface area contributed by atoms with Gasteiger partial charge in [-0.05, 0) is 94.3 Å². The number of amides is 11. The van der Waals surface area contributed by atoms with Crippen LogP contribution < -0.4 is 21.3 Å². The number of carbonyl (C=O) groups is 11. The molecule has 11 amide bonds. The highest BCUT2D eigenvalue weighted by atomic mass is 16.3. The van der Waals surface area contributed by atoms with E-state index in [1.54, 1.807) is 81.4 Å². The number of aliphatic hydroxyl groups excluding tert-OH is 1. The summed E-state index contributed by atoms with van der Waals surface area (Å²) in [4.78, 5) is 168. The molecule has 5 N–H and O–H groups in total. The maximum atomic E-state index is 15.1. The van der Waals surface area contributed by atoms with Crippen molar-refractivity contribution in [2.75, 3.05) is 49.3 Å². The first kappa shape index (κ1) is 77.6. The van der Waals surface area contributed by atoms with E-state index in [-0.39, 0.29) is 55.6 Å². The van der Waals surface area contributed by atoms with Gasteiger partial charge < -0.3 is 60.7 Å². The van der Waals surface area contributed by atoms with Crippen molar-refractivity contribution in [3.05, 3.63) is 24.4 Å². The van der Waals surface area contributed by atoms with E-state index < -0.39 is 155 Å². The molecule has 1 aliphatic heterocycles. The first-order valence-electron chi connectivity index (χ1n) is 30.7. The van der Waals surface area contributed by atoms with Crippen molar-refractivity contribution >= 4 is 65.0 Å². The molecule has 86 heavy (non-hydrogen) atoms. The molecule has 0 aliphatic carbocycles. The topological polar surface area (TPSA) is 279 Å². The van der Waals surface area contributed by atoms with Crippen molar-refractivity contribution in [3.63, 3.8) is 0 Å². The number of hydrogen-bond acceptors (Lipinski definition) is 12. The molecule has 12 atom stereocenters. The minimum absolute atomic E-state index is 0.0264. The number of nitrogens with zero attached hydrogens (tertiary/aromatic N) is 7. The van der Waals surface area contributed by atoms with Gasteiger partial charge in [0.2, 0.25) is 59.1 Å². The predicted molar refractivity (Wildman–Crippen MR) is 333 cm³/mol. The van der Waals surface area contributed by atoms with E-state index in [4.69, 9.17) is 0 Å². The average molecular weight is 1210 g/mol. The number of allylic oxidation sites excluding steroid dienone is 2. The zero-order valence-corrected chi connectivity index (χ0v) is 56.6. The fourth-order valence-corrected chi connectivity index (χ4v) is 10.9. The Kier molecular flexibility index (Phi) is 31.4. The standard InChI is InChI=1S/C63H111N11O12/c1-26-28-29-40(15)53(76)52-57(80)66-44(27-2)59(82)68(19)43(18)58(81)72(23)50(38(11)12)56(79)67-49(37(9)10)62(85)70(21)45(30-34(3)4)55(78)65-42(17)54(77)64-41(16)33-48(75)69(20)46(31-35(5)6)60(83)71(22)47(32-36(7)8)61(84)73(24)51(39(13)14)63(86)74(52)25/h26,28,34-42,44-47,49-53,76H,18,27,29-33H2,1-17,19-25H3,(H,64,77)(H,65,78)(H,66,80)(H,67,79)/b28-26+/t40-,41-,42+,44+,45+,46-,47+,49+,50+,51+,52+,53-/m1/s1. The Hall–Kier alpha value is -6.39. The number of aliphatic hydroxyl groups is 1. The van der Waals surface area contributed by atoms with Crippen molar-refractivity contribution in [3.8, 4) is 0 Å². The smallest absolute Gasteiger partial charge is 0.270 e. The van der Waals surface area contributed by atoms with Crippen molar-refractivity contribution < 1.29 is 57.8 Å². The summed E-state index contributed by atoms with van der Waals surface area (Å²) >= 11 is 0. The molecule has 0 bridgehead atoms. The van der Waals surface area contributed by atoms with Crippen LogP contribution in [0.25, 0.3) is 0 Å². The highest BCUT2D eigenvalue weighted by molar-refractivity contribution is 6.02. The Morgan fingerprint density at radius 1 is 0.512 bits per heavy atom. The molecule has 1 rings (SSSR count). The normalized spacial score (nSPS) is 26.9. The van der Waals surface area contributed by atoms with Gasteiger partial charge in [-0.3, -0.25) is 52.7 Å². The van der Waals surface area contributed by atoms with Crippen LogP contribution in [0.2, 0.25) is 0 Å². The zero-order valence-electron chi connectivity index (χ0n) is 56.6. The van der Waals surface area contributed by atoms with E-state index >= 15 is 9.59 Å². The first-order chi connectivity index (χ1) is 39.6. The summed E-state index contributed by atoms with van der Waals surface area (Å²) in [5.74, 6) is -10.2. The van der Waals surface area contributed by atoms with Crippen LogP contribution in [0.15, 0.2) is 24.4 Å². The van der Waals surface area contributed by atoms with Crippen LogP contribution >= 0.6 is 0 Å². The van der Waals surface area contributed by atoms with Gasteiger partial charge in [0.25, 0.3) is 5.91 Å². The minimum atomic E-state index is -1.64. The van der Waals surface area contributed by atoms with E-state index in [1.807, 2.05) is 41.5 Å². The Morgan fingerprint density at radius 3 is 1.43 bits per heavy atom. The second kappa shape index (κ2) is 34.8. The molecule has 0 radical (unpaired) electrons. The lowest BCUT2D eigenvalue weighted by Crippen LogP contribution is -2.63. The third-order valence-electron chi connectivity index (χ3n) is 16.3. The monoisotopic (exact) mass is 1210 g/mol. The number of carbonyl (C=O) groups excluding carboxylic acids is 11. The van der Waals surface area contributed by atoms with Gasteiger partial charge >= 0.3 is 0 Å². The van der Waals surface area contributed by atoms with Gasteiger partial charge in [-0.1, -0.05) is 116 Å². The number of likely N-dealkylation sites (N-methyl/N-ethyl adjacent to an activating group) is 7. The Morgan fingerprint density at radius 2 is 0.965 bits per heavy atom. The predicted octanol–water partition coefficient (Wildman–Crippen LogP) is 3.78. The molecule has 0 spiro atoms. The van der Waals surface area contributed by atoms with Crippen molar-refractivity contribution in [1.82, 2.24) is 55.6 Å². The fraction of sp³-hybridized carbons (Fsp3) is 0.762. The van der Waals surface area contributed by atoms with Crippen LogP contribution in [-0.4, -0.2) is 220 Å². The van der Waals surface area contributed by atoms with E-state index in [2.05, 4.69) is 27.8 Å². The van der Waals surface area contributed by atoms with Crippen molar-refractivity contribution in [2.45, 2.75) is 223 Å². The summed E-state index contributed by atoms with van der Waals surface area (Å²) in [5.41, 5.74) is -0.368. The molecule has 1 fully saturated rings. The fourth-order valence-electron chi connectivity index (χ4n) is 10.9. The van der Waals surface area contributed by atoms with Crippen LogP contribution in [0, 0.1) is 41.4 Å². The van der Waals surface area contributed by atoms with Crippen LogP contribution in [0.1, 0.15) is 156 Å². The summed E-state index contributed by atoms with van der Waals surface area (Å²) in [6.45, 7) is 33.6. The lowest BCUT2D eigenvalue weighted by molar-refractivity contribution is -0.157. The van der Waals surface area contributed by atoms with Gasteiger partial charge in [0.05, 0.1) is 6.10 Å². The summed E-state index contributed by atoms with van der Waals surface area (Å²) in [5, 5.41) is 23.2. The Balaban J connectivity index is 4.31. The lowest BCUT2D eigenvalue weighted by atomic mass is 9.91. The maximum Gasteiger partial charge on any atom is 0.270 e. The van der Waals surface area contributed by atoms with Crippen molar-refractivity contribution in [1.29, 1.82) is 0 Å². The zero-order chi connectivity index (χ0) is 66.8. The molecular formula is C63H111N11O12. The molecule has 23 heteroatoms. The summed E-state index contributed by atoms with van der Waals surface area (Å²) in [7, 11) is 9.82. The van der Waals surface area contributed by atoms with Gasteiger partial charge in [-0.25, -0.2) is 0 Å². The highest BCUT2D eigenvalue weighted by Crippen LogP contribution is 2.26. The van der Waals surface area contributed by atoms with Gasteiger partial charge in [0.1, 0.15) is 60.1 Å². The van der Waals surface area contributed by atoms with E-state index in [9.17, 15) is 48.3 Å². The number of nitrogens with one attached hydrogen (secondary N) is 4. The molecule has 1 saturated heterocycles. The van der Waals surface area contributed by atoms with Gasteiger partial charge in [0, 0.05) is 61.8 Å². The van der Waals surface area contributed by atoms with Gasteiger partial charge in [0.15, 0.2) is 0 Å². The van der Waals surface area contributed by atoms with Crippen LogP contribution in [0.5, 0.6) is 0 Å². The van der Waals surface area contributed by atoms with E-state index in [0.717, 1.165) is 14.7 Å². The minimum Gasteiger partial charge on any atom is -0.390 e. The second-order valence-corrected chi connectivity index (χ2v) is 26.1. The third-order valence-corrected chi connectivity index (χ3v) is 16.3. The van der Waals surface area contributed by atoms with Crippen LogP contribution in [0.4, 0.5) is 0 Å². The molecule has 1 aliphatic rings. The average Bonchev–Trinajstić information content (AvgIpc) is 2.59. The molecule has 0 aromatic carbocycles. The highest BCUT2D eigenvalue weighted by Gasteiger charge is 2.46. The SMILES string of the molecule is C=C1C(=O)N(C)[C@@H](C(C)C)C(=O)N[C@@H](C(C)C)C(=O)N(C)[C@@H](CC(C)C)C(=O)N[C@@H](C)C(=O)N[C@H](C)CC(=O)N(C)[C@H](CC(C)C)C(=O)N(C)[C@@H](CC(C)C)C(=O)N(C)[C@@H](C(C)C)C(=O)N(C)[C@@H]([C@H](O)[C@H](C)C/C=C/C)C(=O)N[C@@H](CC)C(=O)N1C. The number of rotatable bonds is 14. The lowest BCUT2D eigenvalue weighted by Gasteiger charge is -2.41. The summed E-state index contributed by atoms with van der Waals surface area (Å²) < 4.78 is 0.